The molecule has 1 aliphatic rings. The summed E-state index contributed by atoms with van der Waals surface area (Å²) in [6.45, 7) is 2.15. The lowest BCUT2D eigenvalue weighted by Crippen LogP contribution is -2.39. The molecule has 1 aromatic rings. The van der Waals surface area contributed by atoms with Crippen molar-refractivity contribution >= 4 is 11.8 Å². The first-order valence-corrected chi connectivity index (χ1v) is 7.31. The summed E-state index contributed by atoms with van der Waals surface area (Å²) in [5.74, 6) is -0.765. The van der Waals surface area contributed by atoms with E-state index in [0.717, 1.165) is 24.2 Å². The van der Waals surface area contributed by atoms with Crippen LogP contribution in [0.1, 0.15) is 66.2 Å². The van der Waals surface area contributed by atoms with Gasteiger partial charge in [0.25, 0.3) is 11.8 Å². The van der Waals surface area contributed by atoms with Gasteiger partial charge in [-0.2, -0.15) is 0 Å². The van der Waals surface area contributed by atoms with E-state index >= 15 is 0 Å². The van der Waals surface area contributed by atoms with Crippen LogP contribution in [0.5, 0.6) is 0 Å². The lowest BCUT2D eigenvalue weighted by Gasteiger charge is -2.21. The fraction of sp³-hybridized carbons (Fsp3) is 0.500. The van der Waals surface area contributed by atoms with Gasteiger partial charge in [0, 0.05) is 0 Å². The number of rotatable bonds is 7. The van der Waals surface area contributed by atoms with Gasteiger partial charge in [0.05, 0.1) is 11.1 Å². The Morgan fingerprint density at radius 1 is 1.00 bits per heavy atom. The molecule has 1 unspecified atom stereocenters. The number of carbonyl (C=O) groups excluding carboxylic acids is 2. The molecule has 1 aliphatic heterocycles. The summed E-state index contributed by atoms with van der Waals surface area (Å²) >= 11 is 0. The fourth-order valence-corrected chi connectivity index (χ4v) is 2.54. The number of imide groups is 1. The molecule has 1 N–H and O–H groups in total. The van der Waals surface area contributed by atoms with Crippen molar-refractivity contribution in [3.05, 3.63) is 35.4 Å². The van der Waals surface area contributed by atoms with Crippen molar-refractivity contribution in [2.45, 2.75) is 51.7 Å². The monoisotopic (exact) mass is 275 g/mol. The molecule has 0 aliphatic carbocycles. The van der Waals surface area contributed by atoms with Gasteiger partial charge in [0.15, 0.2) is 0 Å². The van der Waals surface area contributed by atoms with Gasteiger partial charge < -0.3 is 5.11 Å². The highest BCUT2D eigenvalue weighted by Gasteiger charge is 2.38. The molecule has 108 valence electrons. The topological polar surface area (TPSA) is 57.6 Å². The first-order valence-electron chi connectivity index (χ1n) is 7.31. The van der Waals surface area contributed by atoms with Crippen molar-refractivity contribution in [1.29, 1.82) is 0 Å². The van der Waals surface area contributed by atoms with E-state index in [9.17, 15) is 14.7 Å². The minimum atomic E-state index is -1.01. The first kappa shape index (κ1) is 14.7. The number of fused-ring (bicyclic) bond motifs is 1. The molecule has 0 saturated heterocycles. The second kappa shape index (κ2) is 6.66. The van der Waals surface area contributed by atoms with Crippen molar-refractivity contribution in [3.8, 4) is 0 Å². The summed E-state index contributed by atoms with van der Waals surface area (Å²) in [6, 6.07) is 6.71. The molecule has 20 heavy (non-hydrogen) atoms. The highest BCUT2D eigenvalue weighted by atomic mass is 16.3. The van der Waals surface area contributed by atoms with Crippen molar-refractivity contribution in [1.82, 2.24) is 4.90 Å². The van der Waals surface area contributed by atoms with Gasteiger partial charge in [-0.25, -0.2) is 4.90 Å². The molecular formula is C16H21NO3. The maximum absolute atomic E-state index is 12.1. The Morgan fingerprint density at radius 3 is 2.10 bits per heavy atom. The molecule has 2 rings (SSSR count). The maximum Gasteiger partial charge on any atom is 0.263 e. The zero-order chi connectivity index (χ0) is 14.5. The summed E-state index contributed by atoms with van der Waals surface area (Å²) in [6.07, 6.45) is 4.77. The molecule has 0 aromatic heterocycles. The van der Waals surface area contributed by atoms with Crippen LogP contribution in [-0.4, -0.2) is 28.0 Å². The summed E-state index contributed by atoms with van der Waals surface area (Å²) in [7, 11) is 0. The molecule has 0 radical (unpaired) electrons. The van der Waals surface area contributed by atoms with Crippen molar-refractivity contribution in [3.63, 3.8) is 0 Å². The second-order valence-electron chi connectivity index (χ2n) is 5.21. The molecule has 0 bridgehead atoms. The molecule has 4 heteroatoms. The van der Waals surface area contributed by atoms with Gasteiger partial charge >= 0.3 is 0 Å². The Kier molecular flexibility index (Phi) is 4.90. The number of carbonyl (C=O) groups is 2. The van der Waals surface area contributed by atoms with Crippen LogP contribution < -0.4 is 0 Å². The average molecular weight is 275 g/mol. The quantitative estimate of drug-likeness (QED) is 0.615. The van der Waals surface area contributed by atoms with E-state index in [-0.39, 0.29) is 11.8 Å². The van der Waals surface area contributed by atoms with Crippen LogP contribution in [0.15, 0.2) is 24.3 Å². The fourth-order valence-electron chi connectivity index (χ4n) is 2.54. The summed E-state index contributed by atoms with van der Waals surface area (Å²) in [5, 5.41) is 10.1. The number of amides is 2. The molecule has 0 saturated carbocycles. The first-order chi connectivity index (χ1) is 9.66. The van der Waals surface area contributed by atoms with Crippen molar-refractivity contribution < 1.29 is 14.7 Å². The second-order valence-corrected chi connectivity index (χ2v) is 5.21. The van der Waals surface area contributed by atoms with Crippen molar-refractivity contribution in [2.24, 2.45) is 0 Å². The smallest absolute Gasteiger partial charge is 0.263 e. The minimum Gasteiger partial charge on any atom is -0.373 e. The summed E-state index contributed by atoms with van der Waals surface area (Å²) < 4.78 is 0. The normalized spacial score (nSPS) is 15.6. The highest BCUT2D eigenvalue weighted by Crippen LogP contribution is 2.25. The molecule has 0 fully saturated rings. The van der Waals surface area contributed by atoms with Gasteiger partial charge in [-0.05, 0) is 25.0 Å². The SMILES string of the molecule is CCCCCCCC(O)N1C(=O)c2ccccc2C1=O. The van der Waals surface area contributed by atoms with E-state index in [1.54, 1.807) is 24.3 Å². The number of nitrogens with zero attached hydrogens (tertiary/aromatic N) is 1. The van der Waals surface area contributed by atoms with Crippen LogP contribution >= 0.6 is 0 Å². The van der Waals surface area contributed by atoms with E-state index in [2.05, 4.69) is 6.92 Å². The van der Waals surface area contributed by atoms with Crippen LogP contribution in [0.2, 0.25) is 0 Å². The van der Waals surface area contributed by atoms with Gasteiger partial charge in [-0.1, -0.05) is 44.7 Å². The standard InChI is InChI=1S/C16H21NO3/c1-2-3-4-5-6-11-14(18)17-15(19)12-9-7-8-10-13(12)16(17)20/h7-10,14,18H,2-6,11H2,1H3. The number of benzene rings is 1. The van der Waals surface area contributed by atoms with E-state index in [4.69, 9.17) is 0 Å². The summed E-state index contributed by atoms with van der Waals surface area (Å²) in [5.41, 5.74) is 0.782. The third-order valence-corrected chi connectivity index (χ3v) is 3.69. The molecule has 1 aromatic carbocycles. The maximum atomic E-state index is 12.1. The molecule has 1 atom stereocenters. The van der Waals surface area contributed by atoms with E-state index in [1.165, 1.54) is 12.8 Å². The van der Waals surface area contributed by atoms with Crippen LogP contribution in [0.3, 0.4) is 0 Å². The average Bonchev–Trinajstić information content (AvgIpc) is 2.71. The number of aliphatic hydroxyl groups is 1. The largest absolute Gasteiger partial charge is 0.373 e. The van der Waals surface area contributed by atoms with Gasteiger partial charge in [0.1, 0.15) is 6.23 Å². The predicted octanol–water partition coefficient (Wildman–Crippen LogP) is 2.96. The molecule has 0 spiro atoms. The molecule has 2 amide bonds. The predicted molar refractivity (Wildman–Crippen MR) is 76.3 cm³/mol. The minimum absolute atomic E-state index is 0.383. The summed E-state index contributed by atoms with van der Waals surface area (Å²) in [4.78, 5) is 25.2. The van der Waals surface area contributed by atoms with E-state index in [0.29, 0.717) is 17.5 Å². The van der Waals surface area contributed by atoms with Gasteiger partial charge in [-0.3, -0.25) is 9.59 Å². The molecule has 4 nitrogen and oxygen atoms in total. The van der Waals surface area contributed by atoms with Crippen LogP contribution in [-0.2, 0) is 0 Å². The number of unbranched alkanes of at least 4 members (excludes halogenated alkanes) is 4. The number of hydrogen-bond donors (Lipinski definition) is 1. The van der Waals surface area contributed by atoms with Gasteiger partial charge in [-0.15, -0.1) is 0 Å². The third-order valence-electron chi connectivity index (χ3n) is 3.69. The zero-order valence-electron chi connectivity index (χ0n) is 11.8. The number of hydrogen-bond acceptors (Lipinski definition) is 3. The lowest BCUT2D eigenvalue weighted by atomic mass is 10.1. The Hall–Kier alpha value is -1.68. The van der Waals surface area contributed by atoms with E-state index < -0.39 is 6.23 Å². The third kappa shape index (κ3) is 2.90. The van der Waals surface area contributed by atoms with Crippen LogP contribution in [0.25, 0.3) is 0 Å². The van der Waals surface area contributed by atoms with Crippen LogP contribution in [0.4, 0.5) is 0 Å². The van der Waals surface area contributed by atoms with Crippen molar-refractivity contribution in [2.75, 3.05) is 0 Å². The van der Waals surface area contributed by atoms with E-state index in [1.807, 2.05) is 0 Å². The van der Waals surface area contributed by atoms with Gasteiger partial charge in [0.2, 0.25) is 0 Å². The van der Waals surface area contributed by atoms with Crippen LogP contribution in [0, 0.1) is 0 Å². The molecular weight excluding hydrogens is 254 g/mol. The lowest BCUT2D eigenvalue weighted by molar-refractivity contribution is 0.00963. The molecule has 1 heterocycles. The Labute approximate surface area is 119 Å². The Balaban J connectivity index is 1.93. The number of aliphatic hydroxyl groups excluding tert-OH is 1. The Bertz CT molecular complexity index is 463. The zero-order valence-corrected chi connectivity index (χ0v) is 11.8. The Morgan fingerprint density at radius 2 is 1.55 bits per heavy atom. The highest BCUT2D eigenvalue weighted by molar-refractivity contribution is 6.21.